The molecule has 0 saturated heterocycles. The number of ether oxygens (including phenoxy) is 1. The fourth-order valence-corrected chi connectivity index (χ4v) is 1.86. The smallest absolute Gasteiger partial charge is 0.325 e. The van der Waals surface area contributed by atoms with Crippen molar-refractivity contribution in [3.8, 4) is 5.75 Å². The van der Waals surface area contributed by atoms with E-state index in [0.717, 1.165) is 0 Å². The van der Waals surface area contributed by atoms with Gasteiger partial charge in [-0.05, 0) is 23.6 Å². The van der Waals surface area contributed by atoms with Gasteiger partial charge in [-0.2, -0.15) is 0 Å². The Morgan fingerprint density at radius 3 is 2.60 bits per heavy atom. The Hall–Kier alpha value is -0.970. The van der Waals surface area contributed by atoms with Crippen molar-refractivity contribution in [2.75, 3.05) is 13.2 Å². The molecule has 1 aromatic carbocycles. The molecule has 0 spiro atoms. The molecule has 0 saturated carbocycles. The lowest BCUT2D eigenvalue weighted by molar-refractivity contribution is -0.153. The maximum Gasteiger partial charge on any atom is 0.325 e. The Bertz CT molecular complexity index is 458. The van der Waals surface area contributed by atoms with Crippen LogP contribution in [0.3, 0.4) is 0 Å². The number of hydroxylamine groups is 1. The van der Waals surface area contributed by atoms with Crippen molar-refractivity contribution in [1.29, 1.82) is 0 Å². The minimum atomic E-state index is -0.290. The van der Waals surface area contributed by atoms with Crippen LogP contribution in [0.1, 0.15) is 27.2 Å². The van der Waals surface area contributed by atoms with E-state index in [9.17, 15) is 4.79 Å². The average Bonchev–Trinajstić information content (AvgIpc) is 2.28. The van der Waals surface area contributed by atoms with Gasteiger partial charge in [0.1, 0.15) is 12.4 Å². The summed E-state index contributed by atoms with van der Waals surface area (Å²) in [6, 6.07) is 4.99. The molecule has 0 amide bonds. The number of hydrogen-bond acceptors (Lipinski definition) is 4. The number of hydrogen-bond donors (Lipinski definition) is 1. The summed E-state index contributed by atoms with van der Waals surface area (Å²) in [7, 11) is 0. The molecule has 20 heavy (non-hydrogen) atoms. The average molecular weight is 320 g/mol. The summed E-state index contributed by atoms with van der Waals surface area (Å²) in [6.45, 7) is 6.61. The molecule has 0 fully saturated rings. The molecule has 0 heterocycles. The van der Waals surface area contributed by atoms with E-state index in [2.05, 4.69) is 5.48 Å². The standard InChI is InChI=1S/C14H19Cl2NO3/c1-14(2,3)9-13(18)20-17-6-7-19-12-5-4-10(15)8-11(12)16/h4-5,8,17H,6-7,9H2,1-3H3. The van der Waals surface area contributed by atoms with E-state index in [1.54, 1.807) is 18.2 Å². The van der Waals surface area contributed by atoms with Crippen molar-refractivity contribution in [3.05, 3.63) is 28.2 Å². The number of nitrogens with one attached hydrogen (secondary N) is 1. The molecule has 0 radical (unpaired) electrons. The van der Waals surface area contributed by atoms with Gasteiger partial charge < -0.3 is 9.57 Å². The van der Waals surface area contributed by atoms with Crippen molar-refractivity contribution in [1.82, 2.24) is 5.48 Å². The fourth-order valence-electron chi connectivity index (χ4n) is 1.40. The lowest BCUT2D eigenvalue weighted by Gasteiger charge is -2.16. The first-order valence-corrected chi connectivity index (χ1v) is 7.04. The highest BCUT2D eigenvalue weighted by Crippen LogP contribution is 2.27. The van der Waals surface area contributed by atoms with Crippen LogP contribution in [-0.2, 0) is 9.63 Å². The van der Waals surface area contributed by atoms with Crippen molar-refractivity contribution < 1.29 is 14.4 Å². The van der Waals surface area contributed by atoms with Crippen molar-refractivity contribution in [2.45, 2.75) is 27.2 Å². The second kappa shape index (κ2) is 7.72. The Morgan fingerprint density at radius 2 is 2.00 bits per heavy atom. The van der Waals surface area contributed by atoms with Gasteiger partial charge in [-0.3, -0.25) is 4.79 Å². The van der Waals surface area contributed by atoms with Gasteiger partial charge in [-0.15, -0.1) is 5.48 Å². The van der Waals surface area contributed by atoms with Gasteiger partial charge in [0, 0.05) is 5.02 Å². The largest absolute Gasteiger partial charge is 0.491 e. The van der Waals surface area contributed by atoms with Crippen LogP contribution in [0, 0.1) is 5.41 Å². The first-order chi connectivity index (χ1) is 9.28. The molecule has 0 aliphatic carbocycles. The van der Waals surface area contributed by atoms with Gasteiger partial charge in [-0.25, -0.2) is 0 Å². The molecule has 0 aliphatic heterocycles. The van der Waals surface area contributed by atoms with Crippen molar-refractivity contribution >= 4 is 29.2 Å². The summed E-state index contributed by atoms with van der Waals surface area (Å²) in [5.41, 5.74) is 2.47. The maximum absolute atomic E-state index is 11.4. The zero-order chi connectivity index (χ0) is 15.2. The van der Waals surface area contributed by atoms with E-state index in [1.807, 2.05) is 20.8 Å². The molecule has 1 aromatic rings. The summed E-state index contributed by atoms with van der Waals surface area (Å²) in [5, 5.41) is 0.999. The predicted octanol–water partition coefficient (Wildman–Crippen LogP) is 3.86. The lowest BCUT2D eigenvalue weighted by atomic mass is 9.93. The van der Waals surface area contributed by atoms with Crippen molar-refractivity contribution in [3.63, 3.8) is 0 Å². The van der Waals surface area contributed by atoms with E-state index >= 15 is 0 Å². The van der Waals surface area contributed by atoms with Crippen LogP contribution >= 0.6 is 23.2 Å². The lowest BCUT2D eigenvalue weighted by Crippen LogP contribution is -2.27. The van der Waals surface area contributed by atoms with E-state index in [0.29, 0.717) is 35.4 Å². The van der Waals surface area contributed by atoms with Crippen LogP contribution in [0.15, 0.2) is 18.2 Å². The number of rotatable bonds is 6. The summed E-state index contributed by atoms with van der Waals surface area (Å²) < 4.78 is 5.43. The first-order valence-electron chi connectivity index (χ1n) is 6.28. The molecule has 0 bridgehead atoms. The second-order valence-electron chi connectivity index (χ2n) is 5.53. The third-order valence-electron chi connectivity index (χ3n) is 2.22. The van der Waals surface area contributed by atoms with E-state index in [-0.39, 0.29) is 11.4 Å². The SMILES string of the molecule is CC(C)(C)CC(=O)ONCCOc1ccc(Cl)cc1Cl. The molecular formula is C14H19Cl2NO3. The van der Waals surface area contributed by atoms with Gasteiger partial charge >= 0.3 is 5.97 Å². The molecule has 0 unspecified atom stereocenters. The van der Waals surface area contributed by atoms with E-state index in [1.165, 1.54) is 0 Å². The fraction of sp³-hybridized carbons (Fsp3) is 0.500. The highest BCUT2D eigenvalue weighted by Gasteiger charge is 2.17. The van der Waals surface area contributed by atoms with E-state index < -0.39 is 0 Å². The van der Waals surface area contributed by atoms with Gasteiger partial charge in [0.25, 0.3) is 0 Å². The predicted molar refractivity (Wildman–Crippen MR) is 80.1 cm³/mol. The van der Waals surface area contributed by atoms with Crippen LogP contribution in [0.5, 0.6) is 5.75 Å². The van der Waals surface area contributed by atoms with Crippen LogP contribution in [0.25, 0.3) is 0 Å². The maximum atomic E-state index is 11.4. The number of halogens is 2. The molecule has 1 N–H and O–H groups in total. The van der Waals surface area contributed by atoms with Crippen LogP contribution < -0.4 is 10.2 Å². The molecule has 112 valence electrons. The highest BCUT2D eigenvalue weighted by atomic mass is 35.5. The summed E-state index contributed by atoms with van der Waals surface area (Å²) >= 11 is 11.7. The van der Waals surface area contributed by atoms with Crippen LogP contribution in [0.4, 0.5) is 0 Å². The molecule has 1 rings (SSSR count). The number of carbonyl (C=O) groups excluding carboxylic acids is 1. The van der Waals surface area contributed by atoms with E-state index in [4.69, 9.17) is 32.8 Å². The zero-order valence-corrected chi connectivity index (χ0v) is 13.3. The summed E-state index contributed by atoms with van der Waals surface area (Å²) in [6.07, 6.45) is 0.351. The Balaban J connectivity index is 2.21. The Kier molecular flexibility index (Phi) is 6.59. The van der Waals surface area contributed by atoms with Gasteiger partial charge in [0.05, 0.1) is 18.0 Å². The molecule has 4 nitrogen and oxygen atoms in total. The van der Waals surface area contributed by atoms with Gasteiger partial charge in [0.2, 0.25) is 0 Å². The minimum absolute atomic E-state index is 0.0912. The van der Waals surface area contributed by atoms with Gasteiger partial charge in [0.15, 0.2) is 0 Å². The second-order valence-corrected chi connectivity index (χ2v) is 6.37. The van der Waals surface area contributed by atoms with Crippen molar-refractivity contribution in [2.24, 2.45) is 5.41 Å². The minimum Gasteiger partial charge on any atom is -0.491 e. The molecule has 0 aliphatic rings. The molecule has 6 heteroatoms. The molecular weight excluding hydrogens is 301 g/mol. The molecule has 0 atom stereocenters. The summed E-state index contributed by atoms with van der Waals surface area (Å²) in [4.78, 5) is 16.3. The number of carbonyl (C=O) groups is 1. The third-order valence-corrected chi connectivity index (χ3v) is 2.75. The normalized spacial score (nSPS) is 11.2. The topological polar surface area (TPSA) is 47.6 Å². The summed E-state index contributed by atoms with van der Waals surface area (Å²) in [5.74, 6) is 0.251. The first kappa shape index (κ1) is 17.1. The number of benzene rings is 1. The van der Waals surface area contributed by atoms with Gasteiger partial charge in [-0.1, -0.05) is 44.0 Å². The highest BCUT2D eigenvalue weighted by molar-refractivity contribution is 6.35. The quantitative estimate of drug-likeness (QED) is 0.639. The van der Waals surface area contributed by atoms with Crippen LogP contribution in [-0.4, -0.2) is 19.1 Å². The van der Waals surface area contributed by atoms with Crippen LogP contribution in [0.2, 0.25) is 10.0 Å². The monoisotopic (exact) mass is 319 g/mol. The zero-order valence-electron chi connectivity index (χ0n) is 11.8. The Morgan fingerprint density at radius 1 is 1.30 bits per heavy atom. The third kappa shape index (κ3) is 6.98. The Labute approximate surface area is 129 Å². The molecule has 0 aromatic heterocycles.